The van der Waals surface area contributed by atoms with Crippen molar-refractivity contribution in [1.82, 2.24) is 19.8 Å². The molecule has 0 spiro atoms. The fourth-order valence-corrected chi connectivity index (χ4v) is 6.04. The summed E-state index contributed by atoms with van der Waals surface area (Å²) in [7, 11) is 2.28. The zero-order chi connectivity index (χ0) is 27.8. The lowest BCUT2D eigenvalue weighted by Crippen LogP contribution is -2.48. The van der Waals surface area contributed by atoms with Crippen LogP contribution in [0, 0.1) is 0 Å². The van der Waals surface area contributed by atoms with Gasteiger partial charge in [0.05, 0.1) is 44.1 Å². The maximum atomic E-state index is 14.1. The number of benzene rings is 1. The van der Waals surface area contributed by atoms with E-state index in [1.807, 2.05) is 36.9 Å². The highest BCUT2D eigenvalue weighted by molar-refractivity contribution is 6.18. The Kier molecular flexibility index (Phi) is 7.25. The van der Waals surface area contributed by atoms with Gasteiger partial charge in [-0.2, -0.15) is 0 Å². The van der Waals surface area contributed by atoms with Crippen LogP contribution in [0.15, 0.2) is 54.9 Å². The molecule has 0 bridgehead atoms. The number of pyridine rings is 1. The standard InChI is InChI=1S/C31H40N5O3/c1-22(2)39-29(37)25-19-35(21-31(3,4)26-24-13-9-14-32-28(24)33-27(25)26)30(38)34-15-10-17-36(5,18-16-34)20-23-11-7-6-8-12-23/h6-9,11-14,19,22H,10,15-18,20-21H2,1-5H3,(H,32,33)/q+1. The van der Waals surface area contributed by atoms with Gasteiger partial charge < -0.3 is 19.1 Å². The van der Waals surface area contributed by atoms with Crippen LogP contribution < -0.4 is 0 Å². The van der Waals surface area contributed by atoms with Crippen molar-refractivity contribution < 1.29 is 18.8 Å². The van der Waals surface area contributed by atoms with E-state index in [0.717, 1.165) is 47.1 Å². The summed E-state index contributed by atoms with van der Waals surface area (Å²) >= 11 is 0. The third-order valence-electron chi connectivity index (χ3n) is 7.89. The number of hydrogen-bond donors (Lipinski definition) is 1. The van der Waals surface area contributed by atoms with Crippen molar-refractivity contribution >= 4 is 28.6 Å². The maximum Gasteiger partial charge on any atom is 0.342 e. The lowest BCUT2D eigenvalue weighted by atomic mass is 9.82. The molecule has 8 nitrogen and oxygen atoms in total. The van der Waals surface area contributed by atoms with Crippen LogP contribution in [0.2, 0.25) is 0 Å². The highest BCUT2D eigenvalue weighted by Gasteiger charge is 2.39. The lowest BCUT2D eigenvalue weighted by Gasteiger charge is -2.34. The van der Waals surface area contributed by atoms with Crippen molar-refractivity contribution in [2.75, 3.05) is 39.8 Å². The molecule has 2 aliphatic rings. The second kappa shape index (κ2) is 10.5. The van der Waals surface area contributed by atoms with E-state index in [4.69, 9.17) is 4.74 Å². The zero-order valence-corrected chi connectivity index (χ0v) is 23.7. The van der Waals surface area contributed by atoms with Crippen LogP contribution in [-0.4, -0.2) is 82.1 Å². The first kappa shape index (κ1) is 26.9. The van der Waals surface area contributed by atoms with Gasteiger partial charge in [0.1, 0.15) is 12.2 Å². The van der Waals surface area contributed by atoms with E-state index in [1.54, 1.807) is 17.3 Å². The molecule has 4 heterocycles. The Morgan fingerprint density at radius 1 is 1.10 bits per heavy atom. The van der Waals surface area contributed by atoms with Crippen molar-refractivity contribution in [1.29, 1.82) is 0 Å². The van der Waals surface area contributed by atoms with Crippen LogP contribution in [0.3, 0.4) is 0 Å². The number of hydrogen-bond acceptors (Lipinski definition) is 4. The molecular weight excluding hydrogens is 490 g/mol. The van der Waals surface area contributed by atoms with Gasteiger partial charge in [-0.25, -0.2) is 14.6 Å². The summed E-state index contributed by atoms with van der Waals surface area (Å²) in [6.45, 7) is 12.5. The van der Waals surface area contributed by atoms with E-state index < -0.39 is 11.4 Å². The van der Waals surface area contributed by atoms with Crippen LogP contribution in [0.4, 0.5) is 4.79 Å². The minimum Gasteiger partial charge on any atom is -0.459 e. The number of nitrogens with one attached hydrogen (secondary N) is 1. The number of quaternary nitrogens is 1. The predicted octanol–water partition coefficient (Wildman–Crippen LogP) is 4.92. The van der Waals surface area contributed by atoms with E-state index >= 15 is 0 Å². The number of urea groups is 1. The Balaban J connectivity index is 1.45. The molecule has 1 aromatic carbocycles. The number of aromatic nitrogens is 2. The van der Waals surface area contributed by atoms with Gasteiger partial charge in [0.25, 0.3) is 0 Å². The first-order valence-corrected chi connectivity index (χ1v) is 13.9. The van der Waals surface area contributed by atoms with Crippen LogP contribution in [-0.2, 0) is 21.5 Å². The smallest absolute Gasteiger partial charge is 0.342 e. The topological polar surface area (TPSA) is 78.5 Å². The first-order chi connectivity index (χ1) is 18.6. The van der Waals surface area contributed by atoms with E-state index in [0.29, 0.717) is 30.9 Å². The van der Waals surface area contributed by atoms with E-state index in [9.17, 15) is 9.59 Å². The van der Waals surface area contributed by atoms with Crippen LogP contribution in [0.5, 0.6) is 0 Å². The molecule has 39 heavy (non-hydrogen) atoms. The fourth-order valence-electron chi connectivity index (χ4n) is 6.04. The van der Waals surface area contributed by atoms with Gasteiger partial charge in [-0.15, -0.1) is 0 Å². The molecule has 3 aromatic rings. The maximum absolute atomic E-state index is 14.1. The Labute approximate surface area is 230 Å². The van der Waals surface area contributed by atoms with E-state index in [2.05, 4.69) is 55.1 Å². The minimum atomic E-state index is -0.448. The normalized spacial score (nSPS) is 21.2. The molecule has 2 amide bonds. The molecule has 1 fully saturated rings. The van der Waals surface area contributed by atoms with Crippen molar-refractivity contribution in [3.05, 3.63) is 71.7 Å². The number of aromatic amines is 1. The second-order valence-electron chi connectivity index (χ2n) is 12.1. The molecule has 0 aliphatic carbocycles. The number of likely N-dealkylation sites (N-methyl/N-ethyl adjacent to an activating group) is 1. The zero-order valence-electron chi connectivity index (χ0n) is 23.7. The number of H-pyrrole nitrogens is 1. The molecule has 0 saturated carbocycles. The van der Waals surface area contributed by atoms with Gasteiger partial charge >= 0.3 is 12.0 Å². The number of rotatable bonds is 4. The largest absolute Gasteiger partial charge is 0.459 e. The number of fused-ring (bicyclic) bond motifs is 3. The Bertz CT molecular complexity index is 1390. The van der Waals surface area contributed by atoms with E-state index in [1.165, 1.54) is 5.56 Å². The molecule has 0 radical (unpaired) electrons. The molecular formula is C31H40N5O3+. The average molecular weight is 531 g/mol. The van der Waals surface area contributed by atoms with Gasteiger partial charge in [0, 0.05) is 48.3 Å². The third kappa shape index (κ3) is 5.57. The van der Waals surface area contributed by atoms with Crippen molar-refractivity contribution in [2.45, 2.75) is 52.2 Å². The molecule has 1 atom stereocenters. The molecule has 206 valence electrons. The Morgan fingerprint density at radius 2 is 1.87 bits per heavy atom. The van der Waals surface area contributed by atoms with Crippen LogP contribution >= 0.6 is 0 Å². The highest BCUT2D eigenvalue weighted by Crippen LogP contribution is 2.40. The molecule has 2 aliphatic heterocycles. The van der Waals surface area contributed by atoms with Crippen molar-refractivity contribution in [3.63, 3.8) is 0 Å². The monoisotopic (exact) mass is 530 g/mol. The molecule has 2 aromatic heterocycles. The number of carbonyl (C=O) groups is 2. The number of ether oxygens (including phenoxy) is 1. The molecule has 5 rings (SSSR count). The quantitative estimate of drug-likeness (QED) is 0.384. The summed E-state index contributed by atoms with van der Waals surface area (Å²) < 4.78 is 6.54. The fraction of sp³-hybridized carbons (Fsp3) is 0.452. The third-order valence-corrected chi connectivity index (χ3v) is 7.89. The summed E-state index contributed by atoms with van der Waals surface area (Å²) in [6.07, 6.45) is 4.07. The van der Waals surface area contributed by atoms with Crippen molar-refractivity contribution in [3.8, 4) is 0 Å². The van der Waals surface area contributed by atoms with Gasteiger partial charge in [-0.05, 0) is 31.5 Å². The van der Waals surface area contributed by atoms with Gasteiger partial charge in [-0.3, -0.25) is 4.90 Å². The SMILES string of the molecule is CC(C)OC(=O)C1=CN(C(=O)N2CCC[N+](C)(Cc3ccccc3)CC2)CC(C)(C)c2c1[nH]c1ncccc21. The van der Waals surface area contributed by atoms with Gasteiger partial charge in [-0.1, -0.05) is 44.2 Å². The lowest BCUT2D eigenvalue weighted by molar-refractivity contribution is -0.920. The van der Waals surface area contributed by atoms with Gasteiger partial charge in [0.15, 0.2) is 0 Å². The predicted molar refractivity (Wildman–Crippen MR) is 153 cm³/mol. The number of amides is 2. The van der Waals surface area contributed by atoms with Crippen LogP contribution in [0.25, 0.3) is 16.6 Å². The van der Waals surface area contributed by atoms with Gasteiger partial charge in [0.2, 0.25) is 0 Å². The molecule has 1 saturated heterocycles. The molecule has 1 N–H and O–H groups in total. The number of carbonyl (C=O) groups excluding carboxylic acids is 2. The summed E-state index contributed by atoms with van der Waals surface area (Å²) in [5.74, 6) is -0.448. The average Bonchev–Trinajstić information content (AvgIpc) is 3.11. The summed E-state index contributed by atoms with van der Waals surface area (Å²) in [4.78, 5) is 39.0. The first-order valence-electron chi connectivity index (χ1n) is 13.9. The summed E-state index contributed by atoms with van der Waals surface area (Å²) in [5, 5.41) is 0.957. The molecule has 1 unspecified atom stereocenters. The minimum absolute atomic E-state index is 0.0707. The van der Waals surface area contributed by atoms with E-state index in [-0.39, 0.29) is 12.1 Å². The number of nitrogens with zero attached hydrogens (tertiary/aromatic N) is 4. The number of esters is 1. The highest BCUT2D eigenvalue weighted by atomic mass is 16.5. The molecule has 8 heteroatoms. The Hall–Kier alpha value is -3.65. The van der Waals surface area contributed by atoms with Crippen LogP contribution in [0.1, 0.15) is 50.9 Å². The second-order valence-corrected chi connectivity index (χ2v) is 12.1. The summed E-state index contributed by atoms with van der Waals surface area (Å²) in [6, 6.07) is 14.4. The summed E-state index contributed by atoms with van der Waals surface area (Å²) in [5.41, 5.74) is 3.62. The Morgan fingerprint density at radius 3 is 2.62 bits per heavy atom. The van der Waals surface area contributed by atoms with Crippen molar-refractivity contribution in [2.24, 2.45) is 0 Å².